The number of halogens is 3. The van der Waals surface area contributed by atoms with Crippen LogP contribution in [0, 0.1) is 6.92 Å². The van der Waals surface area contributed by atoms with Gasteiger partial charge in [-0.3, -0.25) is 9.78 Å². The SMILES string of the molecule is Cc1nccc(Nc2cc(-c3cc(-c4cccnc4C(F)(F)F)[nH]c(=O)c3)ccn2)n1. The van der Waals surface area contributed by atoms with Gasteiger partial charge in [0.25, 0.3) is 0 Å². The molecule has 0 radical (unpaired) electrons. The third-order valence-electron chi connectivity index (χ3n) is 4.34. The molecule has 0 spiro atoms. The topological polar surface area (TPSA) is 96.5 Å². The van der Waals surface area contributed by atoms with E-state index in [4.69, 9.17) is 0 Å². The summed E-state index contributed by atoms with van der Waals surface area (Å²) in [6.07, 6.45) is -0.474. The highest BCUT2D eigenvalue weighted by molar-refractivity contribution is 5.73. The minimum absolute atomic E-state index is 0.0145. The van der Waals surface area contributed by atoms with Crippen molar-refractivity contribution in [3.8, 4) is 22.4 Å². The number of H-pyrrole nitrogens is 1. The Labute approximate surface area is 174 Å². The van der Waals surface area contributed by atoms with Crippen molar-refractivity contribution in [1.29, 1.82) is 0 Å². The zero-order valence-corrected chi connectivity index (χ0v) is 16.1. The second kappa shape index (κ2) is 7.98. The highest BCUT2D eigenvalue weighted by atomic mass is 19.4. The Morgan fingerprint density at radius 3 is 2.48 bits per heavy atom. The summed E-state index contributed by atoms with van der Waals surface area (Å²) >= 11 is 0. The van der Waals surface area contributed by atoms with E-state index in [-0.39, 0.29) is 11.3 Å². The molecule has 7 nitrogen and oxygen atoms in total. The van der Waals surface area contributed by atoms with Crippen LogP contribution < -0.4 is 10.9 Å². The van der Waals surface area contributed by atoms with Crippen LogP contribution in [-0.2, 0) is 6.18 Å². The van der Waals surface area contributed by atoms with Crippen molar-refractivity contribution in [2.75, 3.05) is 5.32 Å². The van der Waals surface area contributed by atoms with Gasteiger partial charge in [0, 0.05) is 30.2 Å². The maximum absolute atomic E-state index is 13.4. The van der Waals surface area contributed by atoms with Crippen LogP contribution in [-0.4, -0.2) is 24.9 Å². The summed E-state index contributed by atoms with van der Waals surface area (Å²) in [5.41, 5.74) is -0.784. The second-order valence-corrected chi connectivity index (χ2v) is 6.59. The fourth-order valence-corrected chi connectivity index (χ4v) is 3.04. The van der Waals surface area contributed by atoms with E-state index in [1.54, 1.807) is 31.3 Å². The first kappa shape index (κ1) is 20.2. The van der Waals surface area contributed by atoms with Crippen LogP contribution >= 0.6 is 0 Å². The molecule has 4 rings (SSSR count). The summed E-state index contributed by atoms with van der Waals surface area (Å²) < 4.78 is 40.1. The van der Waals surface area contributed by atoms with E-state index >= 15 is 0 Å². The molecule has 0 atom stereocenters. The van der Waals surface area contributed by atoms with E-state index in [1.807, 2.05) is 0 Å². The molecule has 0 amide bonds. The van der Waals surface area contributed by atoms with Crippen molar-refractivity contribution in [1.82, 2.24) is 24.9 Å². The zero-order valence-electron chi connectivity index (χ0n) is 16.1. The van der Waals surface area contributed by atoms with Gasteiger partial charge in [-0.2, -0.15) is 13.2 Å². The maximum Gasteiger partial charge on any atom is 0.434 e. The molecular weight excluding hydrogens is 409 g/mol. The summed E-state index contributed by atoms with van der Waals surface area (Å²) in [7, 11) is 0. The molecule has 4 aromatic rings. The monoisotopic (exact) mass is 424 g/mol. The van der Waals surface area contributed by atoms with Crippen LogP contribution in [0.3, 0.4) is 0 Å². The lowest BCUT2D eigenvalue weighted by atomic mass is 10.0. The van der Waals surface area contributed by atoms with E-state index in [9.17, 15) is 18.0 Å². The Morgan fingerprint density at radius 2 is 1.71 bits per heavy atom. The predicted molar refractivity (Wildman–Crippen MR) is 109 cm³/mol. The van der Waals surface area contributed by atoms with Crippen molar-refractivity contribution in [2.45, 2.75) is 13.1 Å². The van der Waals surface area contributed by atoms with Crippen molar-refractivity contribution in [3.63, 3.8) is 0 Å². The van der Waals surface area contributed by atoms with Crippen molar-refractivity contribution in [3.05, 3.63) is 82.9 Å². The fraction of sp³-hybridized carbons (Fsp3) is 0.0952. The van der Waals surface area contributed by atoms with Crippen molar-refractivity contribution in [2.24, 2.45) is 0 Å². The Kier molecular flexibility index (Phi) is 5.20. The van der Waals surface area contributed by atoms with Crippen LogP contribution in [0.5, 0.6) is 0 Å². The van der Waals surface area contributed by atoms with E-state index in [0.717, 1.165) is 6.20 Å². The maximum atomic E-state index is 13.4. The van der Waals surface area contributed by atoms with Crippen LogP contribution in [0.4, 0.5) is 24.8 Å². The summed E-state index contributed by atoms with van der Waals surface area (Å²) in [6, 6.07) is 10.4. The van der Waals surface area contributed by atoms with Crippen molar-refractivity contribution >= 4 is 11.6 Å². The van der Waals surface area contributed by atoms with Crippen molar-refractivity contribution < 1.29 is 13.2 Å². The van der Waals surface area contributed by atoms with Gasteiger partial charge in [0.05, 0.1) is 5.69 Å². The lowest BCUT2D eigenvalue weighted by Crippen LogP contribution is -2.12. The van der Waals surface area contributed by atoms with Gasteiger partial charge in [0.15, 0.2) is 5.69 Å². The quantitative estimate of drug-likeness (QED) is 0.505. The highest BCUT2D eigenvalue weighted by Gasteiger charge is 2.35. The Bertz CT molecular complexity index is 1300. The molecule has 156 valence electrons. The number of rotatable bonds is 4. The smallest absolute Gasteiger partial charge is 0.325 e. The normalized spacial score (nSPS) is 11.4. The molecule has 0 saturated heterocycles. The van der Waals surface area contributed by atoms with Crippen LogP contribution in [0.15, 0.2) is 65.8 Å². The molecule has 4 aromatic heterocycles. The number of nitrogens with one attached hydrogen (secondary N) is 2. The first-order valence-corrected chi connectivity index (χ1v) is 9.10. The molecule has 0 aromatic carbocycles. The number of anilines is 2. The zero-order chi connectivity index (χ0) is 22.0. The minimum Gasteiger partial charge on any atom is -0.325 e. The number of hydrogen-bond acceptors (Lipinski definition) is 6. The number of alkyl halides is 3. The van der Waals surface area contributed by atoms with Crippen LogP contribution in [0.25, 0.3) is 22.4 Å². The molecule has 0 aliphatic carbocycles. The van der Waals surface area contributed by atoms with Gasteiger partial charge >= 0.3 is 6.18 Å². The minimum atomic E-state index is -4.66. The largest absolute Gasteiger partial charge is 0.434 e. The summed E-state index contributed by atoms with van der Waals surface area (Å²) in [5, 5.41) is 3.04. The molecule has 10 heteroatoms. The lowest BCUT2D eigenvalue weighted by Gasteiger charge is -2.12. The number of aromatic nitrogens is 5. The Morgan fingerprint density at radius 1 is 0.903 bits per heavy atom. The van der Waals surface area contributed by atoms with Gasteiger partial charge in [-0.25, -0.2) is 15.0 Å². The lowest BCUT2D eigenvalue weighted by molar-refractivity contribution is -0.140. The standard InChI is InChI=1S/C21H15F3N6O/c1-12-25-8-5-17(28-12)30-18-10-13(4-7-26-18)14-9-16(29-19(31)11-14)15-3-2-6-27-20(15)21(22,23)24/h2-11H,1H3,(H,29,31)(H,25,26,28,30). The molecule has 0 aliphatic heterocycles. The van der Waals surface area contributed by atoms with E-state index in [2.05, 4.69) is 30.2 Å². The molecule has 2 N–H and O–H groups in total. The first-order chi connectivity index (χ1) is 14.8. The molecular formula is C21H15F3N6O. The van der Waals surface area contributed by atoms with E-state index < -0.39 is 17.4 Å². The third kappa shape index (κ3) is 4.58. The summed E-state index contributed by atoms with van der Waals surface area (Å²) in [5.74, 6) is 1.57. The van der Waals surface area contributed by atoms with Crippen LogP contribution in [0.1, 0.15) is 11.5 Å². The number of hydrogen-bond donors (Lipinski definition) is 2. The van der Waals surface area contributed by atoms with Gasteiger partial charge in [0.2, 0.25) is 5.56 Å². The summed E-state index contributed by atoms with van der Waals surface area (Å²) in [6.45, 7) is 1.75. The Hall–Kier alpha value is -4.08. The molecule has 0 saturated carbocycles. The highest BCUT2D eigenvalue weighted by Crippen LogP contribution is 2.35. The second-order valence-electron chi connectivity index (χ2n) is 6.59. The third-order valence-corrected chi connectivity index (χ3v) is 4.34. The number of nitrogens with zero attached hydrogens (tertiary/aromatic N) is 4. The van der Waals surface area contributed by atoms with Gasteiger partial charge in [-0.05, 0) is 54.4 Å². The van der Waals surface area contributed by atoms with Gasteiger partial charge in [0.1, 0.15) is 17.5 Å². The molecule has 4 heterocycles. The number of pyridine rings is 3. The van der Waals surface area contributed by atoms with Crippen LogP contribution in [0.2, 0.25) is 0 Å². The molecule has 0 unspecified atom stereocenters. The predicted octanol–water partition coefficient (Wildman–Crippen LogP) is 4.36. The number of aromatic amines is 1. The molecule has 0 bridgehead atoms. The fourth-order valence-electron chi connectivity index (χ4n) is 3.04. The number of aryl methyl sites for hydroxylation is 1. The Balaban J connectivity index is 1.74. The summed E-state index contributed by atoms with van der Waals surface area (Å²) in [4.78, 5) is 30.6. The van der Waals surface area contributed by atoms with Gasteiger partial charge in [-0.15, -0.1) is 0 Å². The van der Waals surface area contributed by atoms with Gasteiger partial charge in [-0.1, -0.05) is 0 Å². The molecule has 31 heavy (non-hydrogen) atoms. The average Bonchev–Trinajstić information content (AvgIpc) is 2.73. The van der Waals surface area contributed by atoms with Gasteiger partial charge < -0.3 is 10.3 Å². The molecule has 0 fully saturated rings. The first-order valence-electron chi connectivity index (χ1n) is 9.10. The molecule has 0 aliphatic rings. The van der Waals surface area contributed by atoms with E-state index in [1.165, 1.54) is 30.5 Å². The van der Waals surface area contributed by atoms with E-state index in [0.29, 0.717) is 28.6 Å². The average molecular weight is 424 g/mol.